The lowest BCUT2D eigenvalue weighted by atomic mass is 10.0. The van der Waals surface area contributed by atoms with Gasteiger partial charge in [0.2, 0.25) is 0 Å². The third-order valence-electron chi connectivity index (χ3n) is 4.55. The molecule has 0 aromatic heterocycles. The minimum Gasteiger partial charge on any atom is -0.489 e. The summed E-state index contributed by atoms with van der Waals surface area (Å²) in [5.74, 6) is 1.69. The maximum absolute atomic E-state index is 10.5. The maximum Gasteiger partial charge on any atom is 0.303 e. The molecule has 0 aliphatic carbocycles. The smallest absolute Gasteiger partial charge is 0.303 e. The molecule has 0 fully saturated rings. The molecule has 1 atom stereocenters. The SMILES string of the molecule is O=C(O)CCCCCCc1ccccc1OCC1COc2ccccc2O1. The highest BCUT2D eigenvalue weighted by molar-refractivity contribution is 5.66. The zero-order valence-electron chi connectivity index (χ0n) is 15.4. The molecule has 1 heterocycles. The lowest BCUT2D eigenvalue weighted by Gasteiger charge is -2.26. The summed E-state index contributed by atoms with van der Waals surface area (Å²) in [6.07, 6.45) is 4.79. The van der Waals surface area contributed by atoms with Crippen molar-refractivity contribution in [2.75, 3.05) is 13.2 Å². The normalized spacial score (nSPS) is 15.3. The van der Waals surface area contributed by atoms with Crippen LogP contribution in [-0.4, -0.2) is 30.4 Å². The molecular weight excluding hydrogens is 344 g/mol. The van der Waals surface area contributed by atoms with E-state index in [1.54, 1.807) is 0 Å². The van der Waals surface area contributed by atoms with Crippen LogP contribution in [0.1, 0.15) is 37.7 Å². The van der Waals surface area contributed by atoms with E-state index in [1.807, 2.05) is 42.5 Å². The third-order valence-corrected chi connectivity index (χ3v) is 4.55. The summed E-state index contributed by atoms with van der Waals surface area (Å²) in [6, 6.07) is 15.7. The second-order valence-corrected chi connectivity index (χ2v) is 6.72. The van der Waals surface area contributed by atoms with E-state index in [0.29, 0.717) is 13.2 Å². The molecule has 1 aliphatic rings. The molecule has 0 bridgehead atoms. The largest absolute Gasteiger partial charge is 0.489 e. The van der Waals surface area contributed by atoms with Crippen LogP contribution < -0.4 is 14.2 Å². The first-order valence-electron chi connectivity index (χ1n) is 9.53. The molecule has 1 aliphatic heterocycles. The van der Waals surface area contributed by atoms with Crippen LogP contribution in [0.4, 0.5) is 0 Å². The van der Waals surface area contributed by atoms with Crippen molar-refractivity contribution in [3.05, 3.63) is 54.1 Å². The lowest BCUT2D eigenvalue weighted by Crippen LogP contribution is -2.34. The van der Waals surface area contributed by atoms with Gasteiger partial charge in [-0.2, -0.15) is 0 Å². The standard InChI is InChI=1S/C22H26O5/c23-22(24)14-4-2-1-3-9-17-10-5-6-11-19(17)25-15-18-16-26-20-12-7-8-13-21(20)27-18/h5-8,10-13,18H,1-4,9,14-16H2,(H,23,24). The number of aryl methyl sites for hydroxylation is 1. The zero-order valence-corrected chi connectivity index (χ0v) is 15.4. The number of unbranched alkanes of at least 4 members (excludes halogenated alkanes) is 3. The topological polar surface area (TPSA) is 65.0 Å². The van der Waals surface area contributed by atoms with E-state index in [0.717, 1.165) is 49.4 Å². The summed E-state index contributed by atoms with van der Waals surface area (Å²) in [4.78, 5) is 10.5. The van der Waals surface area contributed by atoms with E-state index in [9.17, 15) is 4.79 Å². The van der Waals surface area contributed by atoms with E-state index in [1.165, 1.54) is 5.56 Å². The number of hydrogen-bond acceptors (Lipinski definition) is 4. The number of para-hydroxylation sites is 3. The Hall–Kier alpha value is -2.69. The van der Waals surface area contributed by atoms with E-state index in [-0.39, 0.29) is 12.5 Å². The average molecular weight is 370 g/mol. The molecule has 1 N–H and O–H groups in total. The Morgan fingerprint density at radius 3 is 2.59 bits per heavy atom. The number of rotatable bonds is 10. The Kier molecular flexibility index (Phi) is 6.97. The number of carboxylic acid groups (broad SMARTS) is 1. The Balaban J connectivity index is 1.45. The quantitative estimate of drug-likeness (QED) is 0.625. The summed E-state index contributed by atoms with van der Waals surface area (Å²) in [5, 5.41) is 8.67. The number of aliphatic carboxylic acids is 1. The van der Waals surface area contributed by atoms with Crippen molar-refractivity contribution < 1.29 is 24.1 Å². The van der Waals surface area contributed by atoms with Gasteiger partial charge in [0.05, 0.1) is 0 Å². The van der Waals surface area contributed by atoms with E-state index in [2.05, 4.69) is 6.07 Å². The summed E-state index contributed by atoms with van der Waals surface area (Å²) >= 11 is 0. The monoisotopic (exact) mass is 370 g/mol. The first kappa shape index (κ1) is 19.1. The highest BCUT2D eigenvalue weighted by Gasteiger charge is 2.21. The second kappa shape index (κ2) is 9.86. The van der Waals surface area contributed by atoms with Gasteiger partial charge in [0.1, 0.15) is 19.0 Å². The molecule has 2 aromatic rings. The molecule has 0 radical (unpaired) electrons. The Labute approximate surface area is 159 Å². The number of carboxylic acids is 1. The Morgan fingerprint density at radius 1 is 1.00 bits per heavy atom. The fourth-order valence-corrected chi connectivity index (χ4v) is 3.12. The summed E-state index contributed by atoms with van der Waals surface area (Å²) in [7, 11) is 0. The predicted octanol–water partition coefficient (Wildman–Crippen LogP) is 4.48. The molecule has 1 unspecified atom stereocenters. The number of hydrogen-bond donors (Lipinski definition) is 1. The average Bonchev–Trinajstić information content (AvgIpc) is 2.69. The van der Waals surface area contributed by atoms with Gasteiger partial charge in [-0.15, -0.1) is 0 Å². The molecule has 3 rings (SSSR count). The number of benzene rings is 2. The van der Waals surface area contributed by atoms with E-state index in [4.69, 9.17) is 19.3 Å². The maximum atomic E-state index is 10.5. The van der Waals surface area contributed by atoms with Crippen LogP contribution in [0.15, 0.2) is 48.5 Å². The van der Waals surface area contributed by atoms with Crippen LogP contribution in [0.3, 0.4) is 0 Å². The Morgan fingerprint density at radius 2 is 1.74 bits per heavy atom. The van der Waals surface area contributed by atoms with Crippen LogP contribution in [-0.2, 0) is 11.2 Å². The fourth-order valence-electron chi connectivity index (χ4n) is 3.12. The van der Waals surface area contributed by atoms with Gasteiger partial charge in [0, 0.05) is 6.42 Å². The molecule has 5 nitrogen and oxygen atoms in total. The second-order valence-electron chi connectivity index (χ2n) is 6.72. The van der Waals surface area contributed by atoms with Crippen LogP contribution in [0.25, 0.3) is 0 Å². The summed E-state index contributed by atoms with van der Waals surface area (Å²) < 4.78 is 17.7. The van der Waals surface area contributed by atoms with Gasteiger partial charge < -0.3 is 19.3 Å². The van der Waals surface area contributed by atoms with Crippen molar-refractivity contribution >= 4 is 5.97 Å². The molecular formula is C22H26O5. The van der Waals surface area contributed by atoms with Gasteiger partial charge in [0.15, 0.2) is 17.6 Å². The van der Waals surface area contributed by atoms with Crippen LogP contribution in [0, 0.1) is 0 Å². The van der Waals surface area contributed by atoms with Gasteiger partial charge in [-0.25, -0.2) is 0 Å². The number of carbonyl (C=O) groups is 1. The highest BCUT2D eigenvalue weighted by Crippen LogP contribution is 2.31. The molecule has 0 spiro atoms. The van der Waals surface area contributed by atoms with Crippen molar-refractivity contribution in [3.8, 4) is 17.2 Å². The van der Waals surface area contributed by atoms with E-state index < -0.39 is 5.97 Å². The molecule has 0 amide bonds. The summed E-state index contributed by atoms with van der Waals surface area (Å²) in [6.45, 7) is 0.909. The Bertz CT molecular complexity index is 743. The predicted molar refractivity (Wildman–Crippen MR) is 103 cm³/mol. The van der Waals surface area contributed by atoms with Crippen LogP contribution in [0.2, 0.25) is 0 Å². The number of fused-ring (bicyclic) bond motifs is 1. The molecule has 0 saturated heterocycles. The van der Waals surface area contributed by atoms with Crippen molar-refractivity contribution in [1.82, 2.24) is 0 Å². The van der Waals surface area contributed by atoms with Crippen molar-refractivity contribution in [3.63, 3.8) is 0 Å². The van der Waals surface area contributed by atoms with Gasteiger partial charge in [-0.1, -0.05) is 43.2 Å². The van der Waals surface area contributed by atoms with Crippen molar-refractivity contribution in [1.29, 1.82) is 0 Å². The molecule has 2 aromatic carbocycles. The molecule has 144 valence electrons. The van der Waals surface area contributed by atoms with Crippen LogP contribution in [0.5, 0.6) is 17.2 Å². The van der Waals surface area contributed by atoms with Crippen molar-refractivity contribution in [2.45, 2.75) is 44.6 Å². The fraction of sp³-hybridized carbons (Fsp3) is 0.409. The van der Waals surface area contributed by atoms with Gasteiger partial charge in [-0.3, -0.25) is 4.79 Å². The summed E-state index contributed by atoms with van der Waals surface area (Å²) in [5.41, 5.74) is 1.17. The highest BCUT2D eigenvalue weighted by atomic mass is 16.6. The number of ether oxygens (including phenoxy) is 3. The van der Waals surface area contributed by atoms with Gasteiger partial charge in [-0.05, 0) is 43.0 Å². The van der Waals surface area contributed by atoms with Gasteiger partial charge in [0.25, 0.3) is 0 Å². The van der Waals surface area contributed by atoms with Gasteiger partial charge >= 0.3 is 5.97 Å². The minimum atomic E-state index is -0.717. The molecule has 0 saturated carbocycles. The molecule has 5 heteroatoms. The first-order valence-corrected chi connectivity index (χ1v) is 9.53. The third kappa shape index (κ3) is 5.91. The molecule has 27 heavy (non-hydrogen) atoms. The minimum absolute atomic E-state index is 0.135. The van der Waals surface area contributed by atoms with E-state index >= 15 is 0 Å². The van der Waals surface area contributed by atoms with Crippen molar-refractivity contribution in [2.24, 2.45) is 0 Å². The first-order chi connectivity index (χ1) is 13.2. The lowest BCUT2D eigenvalue weighted by molar-refractivity contribution is -0.137. The van der Waals surface area contributed by atoms with Crippen LogP contribution >= 0.6 is 0 Å². The zero-order chi connectivity index (χ0) is 18.9.